The van der Waals surface area contributed by atoms with Gasteiger partial charge in [0.25, 0.3) is 10.0 Å². The van der Waals surface area contributed by atoms with Gasteiger partial charge in [-0.1, -0.05) is 23.2 Å². The number of benzene rings is 2. The summed E-state index contributed by atoms with van der Waals surface area (Å²) in [5.41, 5.74) is 0.431. The number of anilines is 1. The van der Waals surface area contributed by atoms with E-state index in [1.165, 1.54) is 30.5 Å². The normalized spacial score (nSPS) is 11.9. The van der Waals surface area contributed by atoms with Gasteiger partial charge in [0, 0.05) is 22.2 Å². The number of rotatable bonds is 4. The van der Waals surface area contributed by atoms with Crippen LogP contribution < -0.4 is 5.23 Å². The van der Waals surface area contributed by atoms with Crippen molar-refractivity contribution in [3.8, 4) is 0 Å². The number of fused-ring (bicyclic) bond motifs is 1. The molecule has 0 radical (unpaired) electrons. The van der Waals surface area contributed by atoms with E-state index in [-0.39, 0.29) is 27.4 Å². The van der Waals surface area contributed by atoms with E-state index in [1.54, 1.807) is 6.07 Å². The van der Waals surface area contributed by atoms with Gasteiger partial charge in [0.15, 0.2) is 0 Å². The minimum Gasteiger partial charge on any atom is -0.392 e. The third kappa shape index (κ3) is 3.08. The van der Waals surface area contributed by atoms with E-state index in [2.05, 4.69) is 0 Å². The third-order valence-electron chi connectivity index (χ3n) is 3.68. The van der Waals surface area contributed by atoms with Crippen LogP contribution in [-0.2, 0) is 16.6 Å². The summed E-state index contributed by atoms with van der Waals surface area (Å²) in [6.07, 6.45) is 1.29. The summed E-state index contributed by atoms with van der Waals surface area (Å²) < 4.78 is 26.9. The maximum atomic E-state index is 13.0. The van der Waals surface area contributed by atoms with Crippen LogP contribution in [0.15, 0.2) is 47.5 Å². The Morgan fingerprint density at radius 1 is 1.08 bits per heavy atom. The van der Waals surface area contributed by atoms with E-state index in [1.807, 2.05) is 0 Å². The molecule has 0 bridgehead atoms. The van der Waals surface area contributed by atoms with Crippen molar-refractivity contribution in [3.05, 3.63) is 58.2 Å². The molecule has 132 valence electrons. The lowest BCUT2D eigenvalue weighted by atomic mass is 10.2. The first-order valence-electron chi connectivity index (χ1n) is 6.89. The van der Waals surface area contributed by atoms with Gasteiger partial charge in [-0.05, 0) is 36.4 Å². The second-order valence-corrected chi connectivity index (χ2v) is 7.84. The molecule has 3 aromatic rings. The molecule has 0 aliphatic carbocycles. The van der Waals surface area contributed by atoms with Gasteiger partial charge in [0.05, 0.1) is 22.0 Å². The minimum atomic E-state index is -4.09. The van der Waals surface area contributed by atoms with Crippen LogP contribution in [0, 0.1) is 0 Å². The lowest BCUT2D eigenvalue weighted by molar-refractivity contribution is 0.0291. The van der Waals surface area contributed by atoms with E-state index < -0.39 is 10.0 Å². The molecule has 0 amide bonds. The first-order valence-corrected chi connectivity index (χ1v) is 9.08. The van der Waals surface area contributed by atoms with Crippen LogP contribution >= 0.6 is 23.2 Å². The minimum absolute atomic E-state index is 0.0378. The van der Waals surface area contributed by atoms with Gasteiger partial charge in [-0.3, -0.25) is 10.4 Å². The highest BCUT2D eigenvalue weighted by Gasteiger charge is 2.23. The smallest absolute Gasteiger partial charge is 0.268 e. The zero-order chi connectivity index (χ0) is 18.4. The molecule has 0 fully saturated rings. The van der Waals surface area contributed by atoms with E-state index in [0.29, 0.717) is 21.5 Å². The Labute approximate surface area is 152 Å². The Balaban J connectivity index is 2.25. The van der Waals surface area contributed by atoms with Gasteiger partial charge in [0.2, 0.25) is 0 Å². The fourth-order valence-electron chi connectivity index (χ4n) is 2.48. The van der Waals surface area contributed by atoms with Crippen molar-refractivity contribution in [2.45, 2.75) is 11.5 Å². The molecule has 0 saturated heterocycles. The molecule has 3 rings (SSSR count). The van der Waals surface area contributed by atoms with Crippen LogP contribution in [0.25, 0.3) is 10.9 Å². The van der Waals surface area contributed by atoms with Crippen molar-refractivity contribution >= 4 is 49.8 Å². The molecule has 3 N–H and O–H groups in total. The van der Waals surface area contributed by atoms with E-state index in [9.17, 15) is 13.5 Å². The van der Waals surface area contributed by atoms with Crippen LogP contribution in [0.1, 0.15) is 5.56 Å². The number of hydrogen-bond acceptors (Lipinski definition) is 6. The highest BCUT2D eigenvalue weighted by molar-refractivity contribution is 7.90. The molecule has 1 aromatic heterocycles. The monoisotopic (exact) mass is 402 g/mol. The van der Waals surface area contributed by atoms with Crippen LogP contribution in [0.2, 0.25) is 10.0 Å². The van der Waals surface area contributed by atoms with E-state index >= 15 is 0 Å². The molecule has 0 aliphatic rings. The zero-order valence-corrected chi connectivity index (χ0v) is 14.8. The van der Waals surface area contributed by atoms with Crippen molar-refractivity contribution in [2.75, 3.05) is 5.23 Å². The van der Waals surface area contributed by atoms with Gasteiger partial charge in [-0.15, -0.1) is 5.23 Å². The molecular weight excluding hydrogens is 391 g/mol. The molecule has 2 aromatic carbocycles. The molecule has 0 atom stereocenters. The Morgan fingerprint density at radius 3 is 2.44 bits per heavy atom. The van der Waals surface area contributed by atoms with E-state index in [4.69, 9.17) is 33.6 Å². The van der Waals surface area contributed by atoms with Crippen molar-refractivity contribution in [1.29, 1.82) is 0 Å². The Morgan fingerprint density at radius 2 is 1.80 bits per heavy atom. The summed E-state index contributed by atoms with van der Waals surface area (Å²) in [5, 5.41) is 28.4. The molecule has 0 spiro atoms. The number of nitrogens with zero attached hydrogens (tertiary/aromatic N) is 2. The second-order valence-electron chi connectivity index (χ2n) is 5.18. The molecule has 7 nitrogen and oxygen atoms in total. The van der Waals surface area contributed by atoms with Crippen LogP contribution in [0.4, 0.5) is 5.69 Å². The Kier molecular flexibility index (Phi) is 4.67. The van der Waals surface area contributed by atoms with Crippen molar-refractivity contribution in [2.24, 2.45) is 0 Å². The summed E-state index contributed by atoms with van der Waals surface area (Å²) in [6.45, 7) is -0.369. The number of aliphatic hydroxyl groups excluding tert-OH is 1. The van der Waals surface area contributed by atoms with Crippen molar-refractivity contribution in [3.63, 3.8) is 0 Å². The molecule has 0 unspecified atom stereocenters. The molecule has 1 heterocycles. The number of aliphatic hydroxyl groups is 1. The van der Waals surface area contributed by atoms with Crippen LogP contribution in [-0.4, -0.2) is 27.9 Å². The predicted octanol–water partition coefficient (Wildman–Crippen LogP) is 3.26. The Bertz CT molecular complexity index is 1060. The number of halogens is 2. The van der Waals surface area contributed by atoms with Crippen molar-refractivity contribution in [1.82, 2.24) is 3.97 Å². The Hall–Kier alpha value is -1.81. The highest BCUT2D eigenvalue weighted by atomic mass is 35.5. The summed E-state index contributed by atoms with van der Waals surface area (Å²) in [4.78, 5) is -0.212. The van der Waals surface area contributed by atoms with Gasteiger partial charge >= 0.3 is 0 Å². The fraction of sp³-hybridized carbons (Fsp3) is 0.0667. The molecule has 0 aliphatic heterocycles. The molecule has 10 heteroatoms. The van der Waals surface area contributed by atoms with Gasteiger partial charge in [-0.25, -0.2) is 12.4 Å². The first kappa shape index (κ1) is 18.0. The third-order valence-corrected chi connectivity index (χ3v) is 5.90. The largest absolute Gasteiger partial charge is 0.392 e. The number of aromatic nitrogens is 1. The highest BCUT2D eigenvalue weighted by Crippen LogP contribution is 2.31. The van der Waals surface area contributed by atoms with Gasteiger partial charge in [-0.2, -0.15) is 0 Å². The fourth-order valence-corrected chi connectivity index (χ4v) is 4.26. The standard InChI is InChI=1S/C15H12Cl2N2O5S/c16-10-1-4-14-12(5-10)9(8-20)7-18(14)25(23,24)11-2-3-13(17)15(6-11)19(21)22/h1-7,20-22H,8H2. The second kappa shape index (κ2) is 6.49. The van der Waals surface area contributed by atoms with Gasteiger partial charge in [0.1, 0.15) is 5.69 Å². The van der Waals surface area contributed by atoms with Crippen molar-refractivity contribution < 1.29 is 23.9 Å². The lowest BCUT2D eigenvalue weighted by Gasteiger charge is -2.13. The van der Waals surface area contributed by atoms with E-state index in [0.717, 1.165) is 10.0 Å². The molecule has 25 heavy (non-hydrogen) atoms. The maximum absolute atomic E-state index is 13.0. The van der Waals surface area contributed by atoms with Gasteiger partial charge < -0.3 is 5.11 Å². The molecule has 0 saturated carbocycles. The zero-order valence-electron chi connectivity index (χ0n) is 12.5. The molecular formula is C15H12Cl2N2O5S. The quantitative estimate of drug-likeness (QED) is 0.578. The summed E-state index contributed by atoms with van der Waals surface area (Å²) in [7, 11) is -4.09. The average Bonchev–Trinajstić information content (AvgIpc) is 2.93. The lowest BCUT2D eigenvalue weighted by Crippen LogP contribution is -2.15. The van der Waals surface area contributed by atoms with Crippen LogP contribution in [0.3, 0.4) is 0 Å². The maximum Gasteiger partial charge on any atom is 0.268 e. The van der Waals surface area contributed by atoms with Crippen LogP contribution in [0.5, 0.6) is 0 Å². The number of hydrogen-bond donors (Lipinski definition) is 3. The summed E-state index contributed by atoms with van der Waals surface area (Å²) >= 11 is 11.8. The first-order chi connectivity index (χ1) is 11.8. The topological polar surface area (TPSA) is 103 Å². The summed E-state index contributed by atoms with van der Waals surface area (Å²) in [6, 6.07) is 8.12. The average molecular weight is 403 g/mol. The summed E-state index contributed by atoms with van der Waals surface area (Å²) in [5.74, 6) is 0. The predicted molar refractivity (Wildman–Crippen MR) is 93.0 cm³/mol. The SMILES string of the molecule is O=S(=O)(c1ccc(Cl)c(N(O)O)c1)n1cc(CO)c2cc(Cl)ccc21.